The van der Waals surface area contributed by atoms with Crippen LogP contribution in [-0.4, -0.2) is 24.5 Å². The Bertz CT molecular complexity index is 860. The van der Waals surface area contributed by atoms with E-state index in [2.05, 4.69) is 15.3 Å². The molecule has 0 bridgehead atoms. The molecule has 0 saturated heterocycles. The molecule has 2 aromatic heterocycles. The van der Waals surface area contributed by atoms with Gasteiger partial charge >= 0.3 is 0 Å². The van der Waals surface area contributed by atoms with Gasteiger partial charge in [-0.15, -0.1) is 5.10 Å². The van der Waals surface area contributed by atoms with Crippen molar-refractivity contribution in [2.24, 2.45) is 0 Å². The minimum Gasteiger partial charge on any atom is -0.284 e. The number of benzene rings is 2. The fourth-order valence-electron chi connectivity index (χ4n) is 2.26. The number of fused-ring (bicyclic) bond motifs is 1. The summed E-state index contributed by atoms with van der Waals surface area (Å²) in [4.78, 5) is 4.41. The highest BCUT2D eigenvalue weighted by Crippen LogP contribution is 2.17. The van der Waals surface area contributed by atoms with Crippen LogP contribution in [0.25, 0.3) is 22.7 Å². The molecule has 0 aliphatic heterocycles. The maximum Gasteiger partial charge on any atom is 0.237 e. The largest absolute Gasteiger partial charge is 0.284 e. The van der Waals surface area contributed by atoms with E-state index in [1.54, 1.807) is 10.9 Å². The molecule has 2 aromatic carbocycles. The summed E-state index contributed by atoms with van der Waals surface area (Å²) in [6.07, 6.45) is 3.68. The Morgan fingerprint density at radius 2 is 1.65 bits per heavy atom. The quantitative estimate of drug-likeness (QED) is 0.557. The van der Waals surface area contributed by atoms with Crippen LogP contribution in [0.1, 0.15) is 0 Å². The van der Waals surface area contributed by atoms with E-state index in [1.807, 2.05) is 65.4 Å². The molecule has 0 saturated carbocycles. The highest BCUT2D eigenvalue weighted by molar-refractivity contribution is 5.75. The highest BCUT2D eigenvalue weighted by atomic mass is 15.5. The zero-order valence-corrected chi connectivity index (χ0v) is 10.6. The van der Waals surface area contributed by atoms with E-state index in [1.165, 1.54) is 0 Å². The lowest BCUT2D eigenvalue weighted by Crippen LogP contribution is -2.06. The third-order valence-corrected chi connectivity index (χ3v) is 3.20. The first-order chi connectivity index (χ1) is 9.93. The Balaban J connectivity index is 1.94. The summed E-state index contributed by atoms with van der Waals surface area (Å²) in [6, 6.07) is 17.9. The maximum absolute atomic E-state index is 4.41. The Morgan fingerprint density at radius 3 is 2.55 bits per heavy atom. The molecule has 0 fully saturated rings. The van der Waals surface area contributed by atoms with Crippen LogP contribution in [0, 0.1) is 0 Å². The Kier molecular flexibility index (Phi) is 2.35. The van der Waals surface area contributed by atoms with Crippen LogP contribution in [0.2, 0.25) is 0 Å². The van der Waals surface area contributed by atoms with Crippen LogP contribution in [0.3, 0.4) is 0 Å². The van der Waals surface area contributed by atoms with Gasteiger partial charge in [0, 0.05) is 18.1 Å². The van der Waals surface area contributed by atoms with Crippen molar-refractivity contribution >= 4 is 11.0 Å². The molecule has 0 amide bonds. The molecule has 2 heterocycles. The predicted molar refractivity (Wildman–Crippen MR) is 76.0 cm³/mol. The monoisotopic (exact) mass is 261 g/mol. The summed E-state index contributed by atoms with van der Waals surface area (Å²) >= 11 is 0. The second kappa shape index (κ2) is 4.31. The second-order valence-corrected chi connectivity index (χ2v) is 4.42. The number of hydrogen-bond donors (Lipinski definition) is 0. The van der Waals surface area contributed by atoms with Gasteiger partial charge in [-0.05, 0) is 24.3 Å². The van der Waals surface area contributed by atoms with Crippen molar-refractivity contribution in [3.8, 4) is 11.6 Å². The van der Waals surface area contributed by atoms with E-state index in [4.69, 9.17) is 0 Å². The second-order valence-electron chi connectivity index (χ2n) is 4.42. The van der Waals surface area contributed by atoms with Gasteiger partial charge in [0.25, 0.3) is 0 Å². The third kappa shape index (κ3) is 1.60. The van der Waals surface area contributed by atoms with Gasteiger partial charge in [0.2, 0.25) is 5.95 Å². The van der Waals surface area contributed by atoms with Gasteiger partial charge in [-0.25, -0.2) is 4.98 Å². The molecular formula is C15H11N5. The van der Waals surface area contributed by atoms with Crippen molar-refractivity contribution in [2.45, 2.75) is 0 Å². The van der Waals surface area contributed by atoms with Gasteiger partial charge in [0.15, 0.2) is 0 Å². The van der Waals surface area contributed by atoms with E-state index >= 15 is 0 Å². The zero-order chi connectivity index (χ0) is 13.4. The molecule has 4 aromatic rings. The van der Waals surface area contributed by atoms with Gasteiger partial charge in [0.05, 0.1) is 5.52 Å². The normalized spacial score (nSPS) is 11.0. The van der Waals surface area contributed by atoms with Crippen molar-refractivity contribution in [1.82, 2.24) is 24.5 Å². The topological polar surface area (TPSA) is 48.5 Å². The van der Waals surface area contributed by atoms with Crippen LogP contribution in [0.15, 0.2) is 67.0 Å². The zero-order valence-electron chi connectivity index (χ0n) is 10.6. The number of para-hydroxylation sites is 2. The number of rotatable bonds is 2. The number of imidazole rings is 1. The van der Waals surface area contributed by atoms with E-state index < -0.39 is 0 Å². The molecule has 0 N–H and O–H groups in total. The smallest absolute Gasteiger partial charge is 0.237 e. The summed E-state index contributed by atoms with van der Waals surface area (Å²) in [6.45, 7) is 0. The fraction of sp³-hybridized carbons (Fsp3) is 0. The van der Waals surface area contributed by atoms with E-state index in [-0.39, 0.29) is 0 Å². The minimum atomic E-state index is 0.727. The Hall–Kier alpha value is -2.95. The number of hydrogen-bond acceptors (Lipinski definition) is 3. The molecule has 5 heteroatoms. The molecule has 96 valence electrons. The maximum atomic E-state index is 4.41. The summed E-state index contributed by atoms with van der Waals surface area (Å²) in [7, 11) is 0. The van der Waals surface area contributed by atoms with Crippen molar-refractivity contribution in [3.05, 3.63) is 67.0 Å². The van der Waals surface area contributed by atoms with Crippen LogP contribution < -0.4 is 0 Å². The molecule has 0 aliphatic rings. The molecule has 20 heavy (non-hydrogen) atoms. The lowest BCUT2D eigenvalue weighted by Gasteiger charge is -2.07. The van der Waals surface area contributed by atoms with Crippen LogP contribution in [0.5, 0.6) is 0 Å². The van der Waals surface area contributed by atoms with Crippen molar-refractivity contribution < 1.29 is 0 Å². The molecule has 5 nitrogen and oxygen atoms in total. The van der Waals surface area contributed by atoms with Crippen LogP contribution in [0.4, 0.5) is 0 Å². The molecule has 4 rings (SSSR count). The third-order valence-electron chi connectivity index (χ3n) is 3.20. The average Bonchev–Trinajstić information content (AvgIpc) is 3.14. The first-order valence-electron chi connectivity index (χ1n) is 6.33. The summed E-state index contributed by atoms with van der Waals surface area (Å²) in [5.74, 6) is 0.727. The van der Waals surface area contributed by atoms with Crippen molar-refractivity contribution in [1.29, 1.82) is 0 Å². The molecule has 0 atom stereocenters. The standard InChI is InChI=1S/C15H11N5/c1-2-6-12(7-3-1)19-11-10-16-15(19)20-14-9-5-4-8-13(14)17-18-20/h1-11H. The number of aromatic nitrogens is 5. The van der Waals surface area contributed by atoms with Crippen LogP contribution >= 0.6 is 0 Å². The highest BCUT2D eigenvalue weighted by Gasteiger charge is 2.11. The predicted octanol–water partition coefficient (Wildman–Crippen LogP) is 2.61. The Labute approximate surface area is 115 Å². The first kappa shape index (κ1) is 10.9. The van der Waals surface area contributed by atoms with Crippen molar-refractivity contribution in [3.63, 3.8) is 0 Å². The molecule has 0 radical (unpaired) electrons. The number of nitrogens with zero attached hydrogens (tertiary/aromatic N) is 5. The molecule has 0 aliphatic carbocycles. The lowest BCUT2D eigenvalue weighted by atomic mass is 10.3. The molecule has 0 spiro atoms. The van der Waals surface area contributed by atoms with Gasteiger partial charge in [0.1, 0.15) is 5.52 Å². The van der Waals surface area contributed by atoms with E-state index in [0.717, 1.165) is 22.7 Å². The average molecular weight is 261 g/mol. The summed E-state index contributed by atoms with van der Waals surface area (Å²) in [5, 5.41) is 8.38. The van der Waals surface area contributed by atoms with E-state index in [0.29, 0.717) is 0 Å². The fourth-order valence-corrected chi connectivity index (χ4v) is 2.26. The van der Waals surface area contributed by atoms with Crippen molar-refractivity contribution in [2.75, 3.05) is 0 Å². The van der Waals surface area contributed by atoms with E-state index in [9.17, 15) is 0 Å². The van der Waals surface area contributed by atoms with Gasteiger partial charge in [-0.3, -0.25) is 4.57 Å². The summed E-state index contributed by atoms with van der Waals surface area (Å²) in [5.41, 5.74) is 2.84. The van der Waals surface area contributed by atoms with Gasteiger partial charge < -0.3 is 0 Å². The first-order valence-corrected chi connectivity index (χ1v) is 6.33. The molecule has 0 unspecified atom stereocenters. The minimum absolute atomic E-state index is 0.727. The Morgan fingerprint density at radius 1 is 0.850 bits per heavy atom. The van der Waals surface area contributed by atoms with Crippen LogP contribution in [-0.2, 0) is 0 Å². The van der Waals surface area contributed by atoms with Gasteiger partial charge in [-0.1, -0.05) is 35.5 Å². The summed E-state index contributed by atoms with van der Waals surface area (Å²) < 4.78 is 3.74. The van der Waals surface area contributed by atoms with Gasteiger partial charge in [-0.2, -0.15) is 4.68 Å². The lowest BCUT2D eigenvalue weighted by molar-refractivity contribution is 0.760. The SMILES string of the molecule is c1ccc(-n2ccnc2-n2nnc3ccccc32)cc1. The molecular weight excluding hydrogens is 250 g/mol.